The van der Waals surface area contributed by atoms with Crippen LogP contribution in [0.5, 0.6) is 0 Å². The first-order chi connectivity index (χ1) is 15.2. The zero-order valence-electron chi connectivity index (χ0n) is 18.6. The Hall–Kier alpha value is -2.50. The molecule has 0 aromatic carbocycles. The van der Waals surface area contributed by atoms with Gasteiger partial charge in [-0.2, -0.15) is 0 Å². The van der Waals surface area contributed by atoms with Gasteiger partial charge in [0.1, 0.15) is 5.82 Å². The highest BCUT2D eigenvalue weighted by atomic mass is 16.2. The minimum atomic E-state index is 0.0328. The lowest BCUT2D eigenvalue weighted by Crippen LogP contribution is -2.44. The second kappa shape index (κ2) is 8.93. The van der Waals surface area contributed by atoms with Crippen molar-refractivity contribution >= 4 is 11.7 Å². The predicted molar refractivity (Wildman–Crippen MR) is 121 cm³/mol. The number of carbonyl (C=O) groups is 1. The van der Waals surface area contributed by atoms with E-state index in [-0.39, 0.29) is 12.0 Å². The fourth-order valence-electron chi connectivity index (χ4n) is 5.22. The number of hydrogen-bond acceptors (Lipinski definition) is 5. The van der Waals surface area contributed by atoms with Crippen molar-refractivity contribution in [3.63, 3.8) is 0 Å². The van der Waals surface area contributed by atoms with E-state index >= 15 is 0 Å². The Kier molecular flexibility index (Phi) is 5.88. The normalized spacial score (nSPS) is 21.5. The molecule has 2 aliphatic heterocycles. The van der Waals surface area contributed by atoms with Gasteiger partial charge in [-0.15, -0.1) is 0 Å². The van der Waals surface area contributed by atoms with E-state index in [4.69, 9.17) is 9.97 Å². The maximum atomic E-state index is 13.1. The zero-order chi connectivity index (χ0) is 21.2. The summed E-state index contributed by atoms with van der Waals surface area (Å²) in [7, 11) is 0. The van der Waals surface area contributed by atoms with Crippen molar-refractivity contribution in [3.05, 3.63) is 47.2 Å². The second-order valence-corrected chi connectivity index (χ2v) is 9.30. The van der Waals surface area contributed by atoms with Gasteiger partial charge < -0.3 is 9.80 Å². The molecule has 1 atom stereocenters. The highest BCUT2D eigenvalue weighted by Crippen LogP contribution is 2.37. The molecule has 0 spiro atoms. The lowest BCUT2D eigenvalue weighted by atomic mass is 9.83. The van der Waals surface area contributed by atoms with Gasteiger partial charge in [0.05, 0.1) is 6.04 Å². The molecule has 4 heterocycles. The zero-order valence-corrected chi connectivity index (χ0v) is 18.6. The summed E-state index contributed by atoms with van der Waals surface area (Å²) < 4.78 is 0. The van der Waals surface area contributed by atoms with Gasteiger partial charge in [0.15, 0.2) is 5.82 Å². The molecule has 3 aliphatic rings. The van der Waals surface area contributed by atoms with Crippen LogP contribution in [-0.2, 0) is 17.6 Å². The maximum Gasteiger partial charge on any atom is 0.226 e. The Morgan fingerprint density at radius 2 is 1.97 bits per heavy atom. The summed E-state index contributed by atoms with van der Waals surface area (Å²) in [4.78, 5) is 32.2. The third-order valence-corrected chi connectivity index (χ3v) is 7.27. The molecular formula is C25H33N5O. The molecule has 1 aliphatic carbocycles. The molecule has 2 aromatic heterocycles. The number of piperidine rings is 1. The van der Waals surface area contributed by atoms with E-state index in [1.165, 1.54) is 12.0 Å². The van der Waals surface area contributed by atoms with Crippen molar-refractivity contribution < 1.29 is 4.79 Å². The quantitative estimate of drug-likeness (QED) is 0.732. The minimum Gasteiger partial charge on any atom is -0.356 e. The van der Waals surface area contributed by atoms with Crippen LogP contribution in [0.15, 0.2) is 24.4 Å². The van der Waals surface area contributed by atoms with Crippen LogP contribution < -0.4 is 4.90 Å². The number of hydrogen-bond donors (Lipinski definition) is 0. The maximum absolute atomic E-state index is 13.1. The predicted octanol–water partition coefficient (Wildman–Crippen LogP) is 4.03. The van der Waals surface area contributed by atoms with Gasteiger partial charge in [-0.1, -0.05) is 12.5 Å². The van der Waals surface area contributed by atoms with Crippen LogP contribution in [0.2, 0.25) is 0 Å². The number of nitrogens with zero attached hydrogens (tertiary/aromatic N) is 5. The van der Waals surface area contributed by atoms with Crippen molar-refractivity contribution in [2.45, 2.75) is 70.8 Å². The van der Waals surface area contributed by atoms with Gasteiger partial charge in [0.25, 0.3) is 0 Å². The highest BCUT2D eigenvalue weighted by molar-refractivity contribution is 5.80. The van der Waals surface area contributed by atoms with Crippen LogP contribution in [0.4, 0.5) is 5.82 Å². The number of likely N-dealkylation sites (tertiary alicyclic amines) is 1. The average molecular weight is 420 g/mol. The number of amides is 1. The number of aryl methyl sites for hydroxylation is 1. The summed E-state index contributed by atoms with van der Waals surface area (Å²) in [5.74, 6) is 2.51. The van der Waals surface area contributed by atoms with E-state index in [2.05, 4.69) is 27.8 Å². The molecule has 0 unspecified atom stereocenters. The third kappa shape index (κ3) is 4.17. The molecule has 6 nitrogen and oxygen atoms in total. The summed E-state index contributed by atoms with van der Waals surface area (Å²) in [6.07, 6.45) is 11.4. The van der Waals surface area contributed by atoms with Gasteiger partial charge in [0.2, 0.25) is 5.91 Å². The molecule has 1 saturated carbocycles. The molecule has 2 aromatic rings. The number of carbonyl (C=O) groups excluding carboxylic acids is 1. The average Bonchev–Trinajstić information content (AvgIpc) is 2.77. The summed E-state index contributed by atoms with van der Waals surface area (Å²) in [5.41, 5.74) is 3.48. The van der Waals surface area contributed by atoms with E-state index in [1.807, 2.05) is 18.3 Å². The molecule has 1 saturated heterocycles. The van der Waals surface area contributed by atoms with Crippen LogP contribution in [0, 0.1) is 12.8 Å². The van der Waals surface area contributed by atoms with E-state index in [1.54, 1.807) is 0 Å². The fourth-order valence-corrected chi connectivity index (χ4v) is 5.22. The van der Waals surface area contributed by atoms with Crippen LogP contribution in [0.3, 0.4) is 0 Å². The summed E-state index contributed by atoms with van der Waals surface area (Å²) in [6, 6.07) is 6.13. The first kappa shape index (κ1) is 20.4. The van der Waals surface area contributed by atoms with Gasteiger partial charge in [-0.25, -0.2) is 9.97 Å². The van der Waals surface area contributed by atoms with E-state index in [0.717, 1.165) is 94.0 Å². The van der Waals surface area contributed by atoms with Crippen LogP contribution in [0.25, 0.3) is 0 Å². The molecule has 2 fully saturated rings. The van der Waals surface area contributed by atoms with Crippen LogP contribution in [0.1, 0.15) is 73.8 Å². The van der Waals surface area contributed by atoms with Crippen molar-refractivity contribution in [2.75, 3.05) is 24.5 Å². The molecule has 6 heteroatoms. The number of fused-ring (bicyclic) bond motifs is 1. The SMILES string of the molecule is Cc1nc([C@H]2CCCCN2C(=O)C2CCC2)nc2c1CCCN2CCc1ccccn1. The first-order valence-electron chi connectivity index (χ1n) is 12.0. The highest BCUT2D eigenvalue weighted by Gasteiger charge is 2.37. The smallest absolute Gasteiger partial charge is 0.226 e. The monoisotopic (exact) mass is 419 g/mol. The number of anilines is 1. The van der Waals surface area contributed by atoms with E-state index in [0.29, 0.717) is 5.91 Å². The largest absolute Gasteiger partial charge is 0.356 e. The van der Waals surface area contributed by atoms with Crippen molar-refractivity contribution in [3.8, 4) is 0 Å². The summed E-state index contributed by atoms with van der Waals surface area (Å²) in [5, 5.41) is 0. The third-order valence-electron chi connectivity index (χ3n) is 7.27. The lowest BCUT2D eigenvalue weighted by molar-refractivity contribution is -0.142. The minimum absolute atomic E-state index is 0.0328. The number of pyridine rings is 1. The van der Waals surface area contributed by atoms with Crippen molar-refractivity contribution in [1.82, 2.24) is 19.9 Å². The Balaban J connectivity index is 1.41. The standard InChI is InChI=1S/C25H33N5O/c1-18-21-11-7-15-29(17-13-20-10-2-4-14-26-20)24(21)28-23(27-18)22-12-3-5-16-30(22)25(31)19-8-6-9-19/h2,4,10,14,19,22H,3,5-9,11-13,15-17H2,1H3/t22-/m1/s1. The molecule has 31 heavy (non-hydrogen) atoms. The van der Waals surface area contributed by atoms with Gasteiger partial charge in [-0.3, -0.25) is 9.78 Å². The topological polar surface area (TPSA) is 62.2 Å². The molecule has 5 rings (SSSR count). The van der Waals surface area contributed by atoms with Crippen molar-refractivity contribution in [1.29, 1.82) is 0 Å². The summed E-state index contributed by atoms with van der Waals surface area (Å²) >= 11 is 0. The lowest BCUT2D eigenvalue weighted by Gasteiger charge is -2.40. The first-order valence-corrected chi connectivity index (χ1v) is 12.0. The van der Waals surface area contributed by atoms with E-state index in [9.17, 15) is 4.79 Å². The summed E-state index contributed by atoms with van der Waals surface area (Å²) in [6.45, 7) is 4.90. The Labute approximate surface area is 185 Å². The molecule has 0 radical (unpaired) electrons. The number of rotatable bonds is 5. The Bertz CT molecular complexity index is 927. The molecule has 0 N–H and O–H groups in total. The van der Waals surface area contributed by atoms with Crippen molar-refractivity contribution in [2.24, 2.45) is 5.92 Å². The van der Waals surface area contributed by atoms with Crippen LogP contribution in [-0.4, -0.2) is 45.4 Å². The van der Waals surface area contributed by atoms with Gasteiger partial charge in [-0.05, 0) is 64.0 Å². The Morgan fingerprint density at radius 3 is 2.74 bits per heavy atom. The van der Waals surface area contributed by atoms with E-state index < -0.39 is 0 Å². The van der Waals surface area contributed by atoms with Gasteiger partial charge >= 0.3 is 0 Å². The molecule has 164 valence electrons. The molecular weight excluding hydrogens is 386 g/mol. The second-order valence-electron chi connectivity index (χ2n) is 9.30. The fraction of sp³-hybridized carbons (Fsp3) is 0.600. The molecule has 0 bridgehead atoms. The van der Waals surface area contributed by atoms with Gasteiger partial charge in [0, 0.05) is 55.1 Å². The Morgan fingerprint density at radius 1 is 1.06 bits per heavy atom. The molecule has 1 amide bonds. The number of aromatic nitrogens is 3. The van der Waals surface area contributed by atoms with Crippen LogP contribution >= 0.6 is 0 Å².